The van der Waals surface area contributed by atoms with E-state index in [-0.39, 0.29) is 30.1 Å². The smallest absolute Gasteiger partial charge is 0.227 e. The number of hydrogen-bond acceptors (Lipinski definition) is 3. The number of benzene rings is 1. The van der Waals surface area contributed by atoms with Crippen LogP contribution in [0.5, 0.6) is 0 Å². The summed E-state index contributed by atoms with van der Waals surface area (Å²) < 4.78 is 0. The lowest BCUT2D eigenvalue weighted by atomic mass is 9.88. The van der Waals surface area contributed by atoms with Crippen LogP contribution in [0.2, 0.25) is 0 Å². The van der Waals surface area contributed by atoms with Crippen molar-refractivity contribution in [3.63, 3.8) is 0 Å². The Morgan fingerprint density at radius 3 is 2.21 bits per heavy atom. The number of nitrogens with one attached hydrogen (secondary N) is 1. The molecule has 132 valence electrons. The summed E-state index contributed by atoms with van der Waals surface area (Å²) in [5, 5.41) is 3.22. The summed E-state index contributed by atoms with van der Waals surface area (Å²) in [6.07, 6.45) is 0.443. The van der Waals surface area contributed by atoms with E-state index in [1.54, 1.807) is 0 Å². The molecule has 1 aromatic carbocycles. The van der Waals surface area contributed by atoms with Gasteiger partial charge in [-0.3, -0.25) is 9.59 Å². The van der Waals surface area contributed by atoms with Gasteiger partial charge >= 0.3 is 0 Å². The Hall–Kier alpha value is -1.59. The molecular weight excluding hydrogens is 326 g/mol. The predicted molar refractivity (Wildman–Crippen MR) is 96.1 cm³/mol. The van der Waals surface area contributed by atoms with Gasteiger partial charge in [0.2, 0.25) is 11.8 Å². The number of halogens is 1. The van der Waals surface area contributed by atoms with Crippen molar-refractivity contribution < 1.29 is 9.59 Å². The predicted octanol–water partition coefficient (Wildman–Crippen LogP) is 1.18. The average molecular weight is 352 g/mol. The Kier molecular flexibility index (Phi) is 6.63. The summed E-state index contributed by atoms with van der Waals surface area (Å²) in [5.74, 6) is 0.953. The highest BCUT2D eigenvalue weighted by Gasteiger charge is 2.33. The second-order valence-corrected chi connectivity index (χ2v) is 6.58. The summed E-state index contributed by atoms with van der Waals surface area (Å²) in [6.45, 7) is 6.53. The molecule has 2 aliphatic rings. The van der Waals surface area contributed by atoms with Crippen LogP contribution in [-0.2, 0) is 16.0 Å². The monoisotopic (exact) mass is 351 g/mol. The van der Waals surface area contributed by atoms with Crippen LogP contribution in [0.25, 0.3) is 0 Å². The third-order valence-corrected chi connectivity index (χ3v) is 5.05. The fraction of sp³-hybridized carbons (Fsp3) is 0.556. The van der Waals surface area contributed by atoms with E-state index in [1.165, 1.54) is 0 Å². The van der Waals surface area contributed by atoms with Gasteiger partial charge in [-0.1, -0.05) is 37.3 Å². The molecule has 6 heteroatoms. The molecule has 0 spiro atoms. The maximum atomic E-state index is 12.5. The van der Waals surface area contributed by atoms with Crippen LogP contribution in [-0.4, -0.2) is 60.9 Å². The van der Waals surface area contributed by atoms with E-state index in [0.717, 1.165) is 18.7 Å². The standard InChI is InChI=1S/C18H25N3O2.ClH/c1-14(16-12-19-13-16)18(23)21-9-7-20(8-10-21)17(22)11-15-5-3-2-4-6-15;/h2-6,14,16,19H,7-13H2,1H3;1H. The molecule has 2 aliphatic heterocycles. The van der Waals surface area contributed by atoms with Gasteiger partial charge in [0, 0.05) is 32.1 Å². The lowest BCUT2D eigenvalue weighted by molar-refractivity contribution is -0.143. The van der Waals surface area contributed by atoms with Gasteiger partial charge in [0.25, 0.3) is 0 Å². The van der Waals surface area contributed by atoms with Crippen molar-refractivity contribution >= 4 is 24.2 Å². The summed E-state index contributed by atoms with van der Waals surface area (Å²) in [7, 11) is 0. The molecule has 3 rings (SSSR count). The topological polar surface area (TPSA) is 52.7 Å². The Labute approximate surface area is 149 Å². The molecule has 1 atom stereocenters. The highest BCUT2D eigenvalue weighted by atomic mass is 35.5. The molecule has 1 unspecified atom stereocenters. The highest BCUT2D eigenvalue weighted by molar-refractivity contribution is 5.85. The quantitative estimate of drug-likeness (QED) is 0.886. The molecule has 1 aromatic rings. The Morgan fingerprint density at radius 1 is 1.08 bits per heavy atom. The van der Waals surface area contributed by atoms with Crippen molar-refractivity contribution in [2.75, 3.05) is 39.3 Å². The first-order valence-electron chi connectivity index (χ1n) is 8.46. The lowest BCUT2D eigenvalue weighted by Crippen LogP contribution is -2.55. The Morgan fingerprint density at radius 2 is 1.67 bits per heavy atom. The van der Waals surface area contributed by atoms with Crippen LogP contribution in [0.1, 0.15) is 12.5 Å². The molecule has 5 nitrogen and oxygen atoms in total. The number of amides is 2. The van der Waals surface area contributed by atoms with Gasteiger partial charge in [-0.15, -0.1) is 12.4 Å². The van der Waals surface area contributed by atoms with E-state index in [4.69, 9.17) is 0 Å². The minimum atomic E-state index is 0. The largest absolute Gasteiger partial charge is 0.339 e. The number of piperazine rings is 1. The minimum absolute atomic E-state index is 0. The van der Waals surface area contributed by atoms with Gasteiger partial charge in [0.05, 0.1) is 6.42 Å². The van der Waals surface area contributed by atoms with Gasteiger partial charge in [-0.25, -0.2) is 0 Å². The average Bonchev–Trinajstić information content (AvgIpc) is 2.53. The summed E-state index contributed by atoms with van der Waals surface area (Å²) in [4.78, 5) is 28.7. The normalized spacial score (nSPS) is 19.2. The van der Waals surface area contributed by atoms with Crippen molar-refractivity contribution in [3.05, 3.63) is 35.9 Å². The van der Waals surface area contributed by atoms with Crippen molar-refractivity contribution in [1.29, 1.82) is 0 Å². The lowest BCUT2D eigenvalue weighted by Gasteiger charge is -2.39. The van der Waals surface area contributed by atoms with Crippen molar-refractivity contribution in [1.82, 2.24) is 15.1 Å². The number of nitrogens with zero attached hydrogens (tertiary/aromatic N) is 2. The van der Waals surface area contributed by atoms with Crippen LogP contribution in [0.3, 0.4) is 0 Å². The summed E-state index contributed by atoms with van der Waals surface area (Å²) >= 11 is 0. The first-order valence-corrected chi connectivity index (χ1v) is 8.46. The van der Waals surface area contributed by atoms with Crippen LogP contribution in [0.4, 0.5) is 0 Å². The van der Waals surface area contributed by atoms with E-state index in [0.29, 0.717) is 38.5 Å². The van der Waals surface area contributed by atoms with Crippen molar-refractivity contribution in [2.24, 2.45) is 11.8 Å². The zero-order chi connectivity index (χ0) is 16.2. The second kappa shape index (κ2) is 8.49. The van der Waals surface area contributed by atoms with Gasteiger partial charge in [0.1, 0.15) is 0 Å². The number of hydrogen-bond donors (Lipinski definition) is 1. The van der Waals surface area contributed by atoms with Gasteiger partial charge < -0.3 is 15.1 Å². The summed E-state index contributed by atoms with van der Waals surface area (Å²) in [5.41, 5.74) is 1.04. The third kappa shape index (κ3) is 4.28. The molecule has 0 bridgehead atoms. The minimum Gasteiger partial charge on any atom is -0.339 e. The molecular formula is C18H26ClN3O2. The number of carbonyl (C=O) groups excluding carboxylic acids is 2. The van der Waals surface area contributed by atoms with Gasteiger partial charge in [-0.2, -0.15) is 0 Å². The molecule has 2 heterocycles. The van der Waals surface area contributed by atoms with Crippen molar-refractivity contribution in [2.45, 2.75) is 13.3 Å². The Bertz CT molecular complexity index is 555. The van der Waals surface area contributed by atoms with Crippen LogP contribution in [0.15, 0.2) is 30.3 Å². The maximum absolute atomic E-state index is 12.5. The van der Waals surface area contributed by atoms with E-state index < -0.39 is 0 Å². The first kappa shape index (κ1) is 18.7. The van der Waals surface area contributed by atoms with E-state index >= 15 is 0 Å². The van der Waals surface area contributed by atoms with Crippen LogP contribution >= 0.6 is 12.4 Å². The zero-order valence-corrected chi connectivity index (χ0v) is 14.9. The zero-order valence-electron chi connectivity index (χ0n) is 14.1. The van der Waals surface area contributed by atoms with E-state index in [9.17, 15) is 9.59 Å². The molecule has 2 fully saturated rings. The fourth-order valence-corrected chi connectivity index (χ4v) is 3.21. The fourth-order valence-electron chi connectivity index (χ4n) is 3.21. The Balaban J connectivity index is 0.00000208. The van der Waals surface area contributed by atoms with Crippen LogP contribution in [0, 0.1) is 11.8 Å². The van der Waals surface area contributed by atoms with Gasteiger partial charge in [-0.05, 0) is 24.6 Å². The first-order chi connectivity index (χ1) is 11.1. The van der Waals surface area contributed by atoms with E-state index in [2.05, 4.69) is 5.32 Å². The molecule has 0 aromatic heterocycles. The molecule has 0 aliphatic carbocycles. The molecule has 24 heavy (non-hydrogen) atoms. The molecule has 1 N–H and O–H groups in total. The molecule has 2 saturated heterocycles. The van der Waals surface area contributed by atoms with E-state index in [1.807, 2.05) is 47.1 Å². The maximum Gasteiger partial charge on any atom is 0.227 e. The molecule has 0 saturated carbocycles. The summed E-state index contributed by atoms with van der Waals surface area (Å²) in [6, 6.07) is 9.82. The number of carbonyl (C=O) groups is 2. The highest BCUT2D eigenvalue weighted by Crippen LogP contribution is 2.19. The van der Waals surface area contributed by atoms with Gasteiger partial charge in [0.15, 0.2) is 0 Å². The molecule has 2 amide bonds. The number of rotatable bonds is 4. The third-order valence-electron chi connectivity index (χ3n) is 5.05. The SMILES string of the molecule is CC(C(=O)N1CCN(C(=O)Cc2ccccc2)CC1)C1CNC1.Cl. The molecule has 0 radical (unpaired) electrons. The van der Waals surface area contributed by atoms with Crippen LogP contribution < -0.4 is 5.32 Å². The second-order valence-electron chi connectivity index (χ2n) is 6.58. The van der Waals surface area contributed by atoms with Crippen molar-refractivity contribution in [3.8, 4) is 0 Å².